The predicted octanol–water partition coefficient (Wildman–Crippen LogP) is 2.50. The topological polar surface area (TPSA) is 60.9 Å². The van der Waals surface area contributed by atoms with Crippen LogP contribution in [0.15, 0.2) is 54.6 Å². The van der Waals surface area contributed by atoms with Crippen LogP contribution in [0, 0.1) is 6.92 Å². The van der Waals surface area contributed by atoms with Gasteiger partial charge >= 0.3 is 0 Å². The highest BCUT2D eigenvalue weighted by molar-refractivity contribution is 7.92. The van der Waals surface area contributed by atoms with E-state index in [0.717, 1.165) is 30.6 Å². The zero-order valence-electron chi connectivity index (χ0n) is 16.6. The van der Waals surface area contributed by atoms with Crippen LogP contribution in [0.2, 0.25) is 0 Å². The van der Waals surface area contributed by atoms with Crippen molar-refractivity contribution in [3.8, 4) is 0 Å². The number of amides is 1. The first-order chi connectivity index (χ1) is 13.3. The maximum Gasteiger partial charge on any atom is 0.246 e. The van der Waals surface area contributed by atoms with Crippen molar-refractivity contribution in [2.45, 2.75) is 19.9 Å². The summed E-state index contributed by atoms with van der Waals surface area (Å²) in [6, 6.07) is 16.5. The lowest BCUT2D eigenvalue weighted by molar-refractivity contribution is -0.132. The maximum atomic E-state index is 13.1. The standard InChI is InChI=1S/C21H27N3O3S/c1-17-8-7-11-20(16-17)24(28(3,26)27)18(2)21(25)23-14-12-22(13-15-23)19-9-5-4-6-10-19/h4-11,16,18H,12-15H2,1-3H3/t18-/m0/s1. The molecule has 150 valence electrons. The normalized spacial score (nSPS) is 16.0. The Morgan fingerprint density at radius 1 is 1.00 bits per heavy atom. The van der Waals surface area contributed by atoms with Gasteiger partial charge < -0.3 is 9.80 Å². The Hall–Kier alpha value is -2.54. The molecule has 0 unspecified atom stereocenters. The minimum absolute atomic E-state index is 0.167. The van der Waals surface area contributed by atoms with Gasteiger partial charge in [-0.2, -0.15) is 0 Å². The summed E-state index contributed by atoms with van der Waals surface area (Å²) in [4.78, 5) is 17.1. The van der Waals surface area contributed by atoms with Crippen LogP contribution in [0.4, 0.5) is 11.4 Å². The second-order valence-corrected chi connectivity index (χ2v) is 9.08. The van der Waals surface area contributed by atoms with Crippen LogP contribution in [-0.4, -0.2) is 57.7 Å². The van der Waals surface area contributed by atoms with Crippen molar-refractivity contribution in [2.24, 2.45) is 0 Å². The molecule has 28 heavy (non-hydrogen) atoms. The van der Waals surface area contributed by atoms with E-state index in [1.54, 1.807) is 30.0 Å². The zero-order chi connectivity index (χ0) is 20.3. The summed E-state index contributed by atoms with van der Waals surface area (Å²) in [5, 5.41) is 0. The summed E-state index contributed by atoms with van der Waals surface area (Å²) >= 11 is 0. The Balaban J connectivity index is 1.74. The highest BCUT2D eigenvalue weighted by Crippen LogP contribution is 2.23. The molecule has 2 aromatic carbocycles. The molecule has 2 aromatic rings. The molecule has 1 fully saturated rings. The smallest absolute Gasteiger partial charge is 0.246 e. The first-order valence-electron chi connectivity index (χ1n) is 9.42. The number of carbonyl (C=O) groups is 1. The quantitative estimate of drug-likeness (QED) is 0.772. The Kier molecular flexibility index (Phi) is 5.93. The molecule has 3 rings (SSSR count). The molecule has 0 bridgehead atoms. The fourth-order valence-corrected chi connectivity index (χ4v) is 4.82. The zero-order valence-corrected chi connectivity index (χ0v) is 17.4. The minimum atomic E-state index is -3.60. The van der Waals surface area contributed by atoms with E-state index in [4.69, 9.17) is 0 Å². The molecule has 1 amide bonds. The van der Waals surface area contributed by atoms with Gasteiger partial charge in [0.2, 0.25) is 15.9 Å². The molecule has 0 aliphatic carbocycles. The average Bonchev–Trinajstić information content (AvgIpc) is 2.67. The number of para-hydroxylation sites is 1. The van der Waals surface area contributed by atoms with E-state index in [0.29, 0.717) is 18.8 Å². The number of hydrogen-bond acceptors (Lipinski definition) is 4. The van der Waals surface area contributed by atoms with Crippen molar-refractivity contribution in [2.75, 3.05) is 41.6 Å². The molecule has 0 N–H and O–H groups in total. The number of rotatable bonds is 5. The van der Waals surface area contributed by atoms with E-state index < -0.39 is 16.1 Å². The van der Waals surface area contributed by atoms with Gasteiger partial charge in [0.05, 0.1) is 11.9 Å². The van der Waals surface area contributed by atoms with Gasteiger partial charge in [-0.3, -0.25) is 9.10 Å². The Labute approximate surface area is 167 Å². The van der Waals surface area contributed by atoms with Gasteiger partial charge in [0.15, 0.2) is 0 Å². The fraction of sp³-hybridized carbons (Fsp3) is 0.381. The van der Waals surface area contributed by atoms with Gasteiger partial charge in [-0.1, -0.05) is 30.3 Å². The number of anilines is 2. The number of piperazine rings is 1. The molecular formula is C21H27N3O3S. The lowest BCUT2D eigenvalue weighted by atomic mass is 10.2. The van der Waals surface area contributed by atoms with E-state index in [9.17, 15) is 13.2 Å². The third-order valence-corrected chi connectivity index (χ3v) is 6.28. The Morgan fingerprint density at radius 2 is 1.64 bits per heavy atom. The molecular weight excluding hydrogens is 374 g/mol. The largest absolute Gasteiger partial charge is 0.368 e. The van der Waals surface area contributed by atoms with E-state index >= 15 is 0 Å². The molecule has 0 saturated carbocycles. The molecule has 1 heterocycles. The molecule has 0 radical (unpaired) electrons. The van der Waals surface area contributed by atoms with Crippen LogP contribution in [-0.2, 0) is 14.8 Å². The number of hydrogen-bond donors (Lipinski definition) is 0. The van der Waals surface area contributed by atoms with Gasteiger partial charge in [0, 0.05) is 31.9 Å². The average molecular weight is 402 g/mol. The molecule has 1 aliphatic rings. The lowest BCUT2D eigenvalue weighted by Crippen LogP contribution is -2.55. The molecule has 0 spiro atoms. The summed E-state index contributed by atoms with van der Waals surface area (Å²) in [6.07, 6.45) is 1.15. The van der Waals surface area contributed by atoms with Crippen LogP contribution in [0.3, 0.4) is 0 Å². The van der Waals surface area contributed by atoms with Crippen LogP contribution in [0.1, 0.15) is 12.5 Å². The lowest BCUT2D eigenvalue weighted by Gasteiger charge is -2.39. The van der Waals surface area contributed by atoms with Crippen molar-refractivity contribution in [3.63, 3.8) is 0 Å². The van der Waals surface area contributed by atoms with Crippen molar-refractivity contribution in [1.29, 1.82) is 0 Å². The molecule has 1 atom stereocenters. The fourth-order valence-electron chi connectivity index (χ4n) is 3.66. The predicted molar refractivity (Wildman–Crippen MR) is 113 cm³/mol. The van der Waals surface area contributed by atoms with Crippen molar-refractivity contribution >= 4 is 27.3 Å². The highest BCUT2D eigenvalue weighted by atomic mass is 32.2. The molecule has 1 saturated heterocycles. The Bertz CT molecular complexity index is 923. The van der Waals surface area contributed by atoms with E-state index in [1.165, 1.54) is 4.31 Å². The first-order valence-corrected chi connectivity index (χ1v) is 11.3. The minimum Gasteiger partial charge on any atom is -0.368 e. The van der Waals surface area contributed by atoms with Crippen molar-refractivity contribution < 1.29 is 13.2 Å². The first kappa shape index (κ1) is 20.2. The monoisotopic (exact) mass is 401 g/mol. The number of sulfonamides is 1. The Morgan fingerprint density at radius 3 is 2.21 bits per heavy atom. The summed E-state index contributed by atoms with van der Waals surface area (Å²) in [5.74, 6) is -0.167. The van der Waals surface area contributed by atoms with E-state index in [1.807, 2.05) is 31.2 Å². The summed E-state index contributed by atoms with van der Waals surface area (Å²) in [5.41, 5.74) is 2.61. The maximum absolute atomic E-state index is 13.1. The highest BCUT2D eigenvalue weighted by Gasteiger charge is 2.33. The summed E-state index contributed by atoms with van der Waals surface area (Å²) in [7, 11) is -3.60. The number of benzene rings is 2. The second-order valence-electron chi connectivity index (χ2n) is 7.22. The van der Waals surface area contributed by atoms with Crippen LogP contribution in [0.5, 0.6) is 0 Å². The summed E-state index contributed by atoms with van der Waals surface area (Å²) in [6.45, 7) is 6.17. The SMILES string of the molecule is Cc1cccc(N([C@@H](C)C(=O)N2CCN(c3ccccc3)CC2)S(C)(=O)=O)c1. The van der Waals surface area contributed by atoms with Gasteiger partial charge in [-0.15, -0.1) is 0 Å². The van der Waals surface area contributed by atoms with Gasteiger partial charge in [0.1, 0.15) is 6.04 Å². The number of carbonyl (C=O) groups excluding carboxylic acids is 1. The van der Waals surface area contributed by atoms with Gasteiger partial charge in [-0.25, -0.2) is 8.42 Å². The van der Waals surface area contributed by atoms with E-state index in [-0.39, 0.29) is 5.91 Å². The third-order valence-electron chi connectivity index (χ3n) is 5.04. The molecule has 1 aliphatic heterocycles. The molecule has 0 aromatic heterocycles. The number of aryl methyl sites for hydroxylation is 1. The molecule has 7 heteroatoms. The van der Waals surface area contributed by atoms with Crippen LogP contribution >= 0.6 is 0 Å². The van der Waals surface area contributed by atoms with E-state index in [2.05, 4.69) is 17.0 Å². The van der Waals surface area contributed by atoms with Crippen LogP contribution < -0.4 is 9.21 Å². The van der Waals surface area contributed by atoms with Gasteiger partial charge in [0.25, 0.3) is 0 Å². The van der Waals surface area contributed by atoms with Crippen LogP contribution in [0.25, 0.3) is 0 Å². The third kappa shape index (κ3) is 4.47. The summed E-state index contributed by atoms with van der Waals surface area (Å²) < 4.78 is 26.1. The van der Waals surface area contributed by atoms with Crippen molar-refractivity contribution in [1.82, 2.24) is 4.90 Å². The second kappa shape index (κ2) is 8.22. The van der Waals surface area contributed by atoms with Gasteiger partial charge in [-0.05, 0) is 43.7 Å². The number of nitrogens with zero attached hydrogens (tertiary/aromatic N) is 3. The molecule has 6 nitrogen and oxygen atoms in total. The van der Waals surface area contributed by atoms with Crippen molar-refractivity contribution in [3.05, 3.63) is 60.2 Å².